The summed E-state index contributed by atoms with van der Waals surface area (Å²) in [4.78, 5) is 15.6. The lowest BCUT2D eigenvalue weighted by Crippen LogP contribution is -2.20. The summed E-state index contributed by atoms with van der Waals surface area (Å²) in [6, 6.07) is 11.7. The van der Waals surface area contributed by atoms with Crippen LogP contribution in [0.15, 0.2) is 42.5 Å². The molecular weight excluding hydrogens is 287 g/mol. The summed E-state index contributed by atoms with van der Waals surface area (Å²) in [5.41, 5.74) is 0. The van der Waals surface area contributed by atoms with Crippen LogP contribution in [0.2, 0.25) is 10.2 Å². The van der Waals surface area contributed by atoms with Crippen LogP contribution in [0.5, 0.6) is 5.75 Å². The normalized spacial score (nSPS) is 10.0. The number of benzene rings is 1. The number of hydrogen-bond donors (Lipinski definition) is 1. The van der Waals surface area contributed by atoms with Gasteiger partial charge in [-0.1, -0.05) is 29.3 Å². The van der Waals surface area contributed by atoms with Gasteiger partial charge in [-0.05, 0) is 36.4 Å². The third-order valence-corrected chi connectivity index (χ3v) is 2.63. The predicted octanol–water partition coefficient (Wildman–Crippen LogP) is 3.41. The van der Waals surface area contributed by atoms with E-state index in [1.165, 1.54) is 0 Å². The van der Waals surface area contributed by atoms with Crippen LogP contribution in [0.25, 0.3) is 0 Å². The molecule has 4 nitrogen and oxygen atoms in total. The van der Waals surface area contributed by atoms with Gasteiger partial charge in [0.05, 0.1) is 0 Å². The monoisotopic (exact) mass is 296 g/mol. The molecule has 98 valence electrons. The summed E-state index contributed by atoms with van der Waals surface area (Å²) in [5, 5.41) is 3.51. The zero-order valence-corrected chi connectivity index (χ0v) is 11.3. The standard InChI is InChI=1S/C13H10Cl2N2O2/c14-9-4-6-10(7-5-9)19-8-13(18)17-12-3-1-2-11(15)16-12/h1-7H,8H2,(H,16,17,18). The fourth-order valence-corrected chi connectivity index (χ4v) is 1.63. The van der Waals surface area contributed by atoms with Crippen LogP contribution in [-0.2, 0) is 4.79 Å². The van der Waals surface area contributed by atoms with Gasteiger partial charge >= 0.3 is 0 Å². The topological polar surface area (TPSA) is 51.2 Å². The molecule has 0 bridgehead atoms. The van der Waals surface area contributed by atoms with E-state index in [1.807, 2.05) is 0 Å². The molecule has 0 unspecified atom stereocenters. The molecule has 1 aromatic carbocycles. The number of nitrogens with one attached hydrogen (secondary N) is 1. The molecular formula is C13H10Cl2N2O2. The van der Waals surface area contributed by atoms with Gasteiger partial charge in [0.15, 0.2) is 6.61 Å². The van der Waals surface area contributed by atoms with Crippen LogP contribution >= 0.6 is 23.2 Å². The summed E-state index contributed by atoms with van der Waals surface area (Å²) in [7, 11) is 0. The van der Waals surface area contributed by atoms with E-state index in [9.17, 15) is 4.79 Å². The van der Waals surface area contributed by atoms with Gasteiger partial charge in [-0.25, -0.2) is 4.98 Å². The average molecular weight is 297 g/mol. The van der Waals surface area contributed by atoms with Crippen molar-refractivity contribution in [2.75, 3.05) is 11.9 Å². The fourth-order valence-electron chi connectivity index (χ4n) is 1.34. The van der Waals surface area contributed by atoms with Crippen molar-refractivity contribution in [3.8, 4) is 5.75 Å². The number of carbonyl (C=O) groups excluding carboxylic acids is 1. The quantitative estimate of drug-likeness (QED) is 0.880. The number of carbonyl (C=O) groups is 1. The second-order valence-corrected chi connectivity index (χ2v) is 4.46. The van der Waals surface area contributed by atoms with Crippen LogP contribution in [0.4, 0.5) is 5.82 Å². The van der Waals surface area contributed by atoms with Gasteiger partial charge in [0.25, 0.3) is 5.91 Å². The van der Waals surface area contributed by atoms with Gasteiger partial charge < -0.3 is 10.1 Å². The number of rotatable bonds is 4. The largest absolute Gasteiger partial charge is 0.484 e. The van der Waals surface area contributed by atoms with Crippen LogP contribution < -0.4 is 10.1 Å². The van der Waals surface area contributed by atoms with Gasteiger partial charge in [-0.2, -0.15) is 0 Å². The summed E-state index contributed by atoms with van der Waals surface area (Å²) in [6.45, 7) is -0.115. The minimum atomic E-state index is -0.315. The van der Waals surface area contributed by atoms with E-state index in [0.717, 1.165) is 0 Å². The van der Waals surface area contributed by atoms with Crippen LogP contribution in [0, 0.1) is 0 Å². The van der Waals surface area contributed by atoms with Crippen LogP contribution in [0.3, 0.4) is 0 Å². The highest BCUT2D eigenvalue weighted by Crippen LogP contribution is 2.15. The number of anilines is 1. The molecule has 0 saturated heterocycles. The smallest absolute Gasteiger partial charge is 0.263 e. The van der Waals surface area contributed by atoms with E-state index in [4.69, 9.17) is 27.9 Å². The molecule has 0 fully saturated rings. The summed E-state index contributed by atoms with van der Waals surface area (Å²) < 4.78 is 5.29. The number of halogens is 2. The van der Waals surface area contributed by atoms with Gasteiger partial charge in [0.2, 0.25) is 0 Å². The van der Waals surface area contributed by atoms with E-state index < -0.39 is 0 Å². The van der Waals surface area contributed by atoms with Crippen molar-refractivity contribution in [3.63, 3.8) is 0 Å². The molecule has 0 aliphatic rings. The second kappa shape index (κ2) is 6.41. The molecule has 0 aliphatic heterocycles. The molecule has 0 saturated carbocycles. The average Bonchev–Trinajstić information content (AvgIpc) is 2.38. The Balaban J connectivity index is 1.86. The lowest BCUT2D eigenvalue weighted by molar-refractivity contribution is -0.118. The van der Waals surface area contributed by atoms with Crippen molar-refractivity contribution in [2.24, 2.45) is 0 Å². The Morgan fingerprint density at radius 1 is 1.16 bits per heavy atom. The first-order chi connectivity index (χ1) is 9.13. The molecule has 1 amide bonds. The lowest BCUT2D eigenvalue weighted by atomic mass is 10.3. The third kappa shape index (κ3) is 4.43. The molecule has 1 N–H and O–H groups in total. The molecule has 2 rings (SSSR count). The molecule has 6 heteroatoms. The Labute approximate surface area is 120 Å². The molecule has 1 heterocycles. The van der Waals surface area contributed by atoms with Crippen molar-refractivity contribution in [1.29, 1.82) is 0 Å². The highest BCUT2D eigenvalue weighted by atomic mass is 35.5. The van der Waals surface area contributed by atoms with Gasteiger partial charge in [-0.15, -0.1) is 0 Å². The lowest BCUT2D eigenvalue weighted by Gasteiger charge is -2.07. The molecule has 0 spiro atoms. The maximum atomic E-state index is 11.6. The van der Waals surface area contributed by atoms with E-state index in [0.29, 0.717) is 21.7 Å². The van der Waals surface area contributed by atoms with Crippen molar-refractivity contribution in [1.82, 2.24) is 4.98 Å². The summed E-state index contributed by atoms with van der Waals surface area (Å²) in [5.74, 6) is 0.639. The minimum absolute atomic E-state index is 0.115. The molecule has 0 atom stereocenters. The Morgan fingerprint density at radius 3 is 2.58 bits per heavy atom. The first kappa shape index (κ1) is 13.6. The number of hydrogen-bond acceptors (Lipinski definition) is 3. The molecule has 1 aromatic heterocycles. The Hall–Kier alpha value is -1.78. The zero-order valence-electron chi connectivity index (χ0n) is 9.77. The van der Waals surface area contributed by atoms with Gasteiger partial charge in [0, 0.05) is 5.02 Å². The summed E-state index contributed by atoms with van der Waals surface area (Å²) in [6.07, 6.45) is 0. The Kier molecular flexibility index (Phi) is 4.60. The molecule has 2 aromatic rings. The van der Waals surface area contributed by atoms with Crippen LogP contribution in [0.1, 0.15) is 0 Å². The number of pyridine rings is 1. The zero-order chi connectivity index (χ0) is 13.7. The van der Waals surface area contributed by atoms with Crippen molar-refractivity contribution in [3.05, 3.63) is 52.6 Å². The van der Waals surface area contributed by atoms with Gasteiger partial charge in [0.1, 0.15) is 16.7 Å². The van der Waals surface area contributed by atoms with Crippen molar-refractivity contribution < 1.29 is 9.53 Å². The SMILES string of the molecule is O=C(COc1ccc(Cl)cc1)Nc1cccc(Cl)n1. The maximum absolute atomic E-state index is 11.6. The van der Waals surface area contributed by atoms with E-state index in [-0.39, 0.29) is 12.5 Å². The highest BCUT2D eigenvalue weighted by Gasteiger charge is 2.05. The van der Waals surface area contributed by atoms with E-state index >= 15 is 0 Å². The number of amides is 1. The third-order valence-electron chi connectivity index (χ3n) is 2.17. The Morgan fingerprint density at radius 2 is 1.89 bits per heavy atom. The molecule has 19 heavy (non-hydrogen) atoms. The summed E-state index contributed by atoms with van der Waals surface area (Å²) >= 11 is 11.5. The predicted molar refractivity (Wildman–Crippen MR) is 74.8 cm³/mol. The molecule has 0 aliphatic carbocycles. The van der Waals surface area contributed by atoms with E-state index in [1.54, 1.807) is 42.5 Å². The number of ether oxygens (including phenoxy) is 1. The van der Waals surface area contributed by atoms with Crippen molar-refractivity contribution >= 4 is 34.9 Å². The van der Waals surface area contributed by atoms with Gasteiger partial charge in [-0.3, -0.25) is 4.79 Å². The second-order valence-electron chi connectivity index (χ2n) is 3.64. The minimum Gasteiger partial charge on any atom is -0.484 e. The fraction of sp³-hybridized carbons (Fsp3) is 0.0769. The molecule has 0 radical (unpaired) electrons. The number of aromatic nitrogens is 1. The first-order valence-corrected chi connectivity index (χ1v) is 6.20. The Bertz CT molecular complexity index is 573. The first-order valence-electron chi connectivity index (χ1n) is 5.44. The number of nitrogens with zero attached hydrogens (tertiary/aromatic N) is 1. The maximum Gasteiger partial charge on any atom is 0.263 e. The van der Waals surface area contributed by atoms with Crippen molar-refractivity contribution in [2.45, 2.75) is 0 Å². The van der Waals surface area contributed by atoms with Crippen LogP contribution in [-0.4, -0.2) is 17.5 Å². The highest BCUT2D eigenvalue weighted by molar-refractivity contribution is 6.30. The van der Waals surface area contributed by atoms with E-state index in [2.05, 4.69) is 10.3 Å².